The second kappa shape index (κ2) is 8.64. The minimum absolute atomic E-state index is 0.204. The molecule has 1 aromatic rings. The number of aliphatic carboxylic acids is 1. The van der Waals surface area contributed by atoms with E-state index in [1.807, 2.05) is 0 Å². The van der Waals surface area contributed by atoms with Gasteiger partial charge in [0.25, 0.3) is 5.91 Å². The lowest BCUT2D eigenvalue weighted by Crippen LogP contribution is -2.71. The molecular weight excluding hydrogens is 400 g/mol. The minimum Gasteiger partial charge on any atom is -0.477 e. The van der Waals surface area contributed by atoms with Crippen molar-refractivity contribution in [3.63, 3.8) is 0 Å². The number of hydrazine groups is 1. The van der Waals surface area contributed by atoms with Crippen LogP contribution in [0, 0.1) is 0 Å². The van der Waals surface area contributed by atoms with Gasteiger partial charge >= 0.3 is 11.9 Å². The Hall–Kier alpha value is -2.89. The Balaban J connectivity index is 1.74. The van der Waals surface area contributed by atoms with Gasteiger partial charge in [0.1, 0.15) is 29.8 Å². The predicted octanol–water partition coefficient (Wildman–Crippen LogP) is -0.507. The van der Waals surface area contributed by atoms with Crippen molar-refractivity contribution in [2.45, 2.75) is 24.4 Å². The van der Waals surface area contributed by atoms with Crippen molar-refractivity contribution in [1.29, 1.82) is 0 Å². The molecule has 3 rings (SSSR count). The molecule has 0 aliphatic carbocycles. The van der Waals surface area contributed by atoms with Gasteiger partial charge in [0, 0.05) is 18.2 Å². The van der Waals surface area contributed by atoms with Gasteiger partial charge in [0.05, 0.1) is 0 Å². The molecule has 0 spiro atoms. The number of hydrogen-bond donors (Lipinski definition) is 4. The number of fused-ring (bicyclic) bond motifs is 1. The van der Waals surface area contributed by atoms with E-state index in [1.165, 1.54) is 18.7 Å². The maximum atomic E-state index is 12.6. The second-order valence-electron chi connectivity index (χ2n) is 6.44. The topological polar surface area (TPSA) is 151 Å². The highest BCUT2D eigenvalue weighted by molar-refractivity contribution is 8.00. The summed E-state index contributed by atoms with van der Waals surface area (Å²) in [7, 11) is 0. The molecule has 1 aromatic carbocycles. The Morgan fingerprint density at radius 1 is 1.34 bits per heavy atom. The van der Waals surface area contributed by atoms with E-state index in [-0.39, 0.29) is 18.1 Å². The number of carboxylic acid groups (broad SMARTS) is 1. The molecule has 2 unspecified atom stereocenters. The zero-order valence-electron chi connectivity index (χ0n) is 15.5. The first-order chi connectivity index (χ1) is 13.8. The van der Waals surface area contributed by atoms with Gasteiger partial charge in [-0.15, -0.1) is 11.8 Å². The van der Waals surface area contributed by atoms with Crippen LogP contribution in [0.1, 0.15) is 18.5 Å². The fourth-order valence-electron chi connectivity index (χ4n) is 3.19. The van der Waals surface area contributed by atoms with Gasteiger partial charge in [-0.2, -0.15) is 0 Å². The summed E-state index contributed by atoms with van der Waals surface area (Å²) in [5.41, 5.74) is 3.18. The van der Waals surface area contributed by atoms with Crippen LogP contribution >= 0.6 is 11.8 Å². The number of ether oxygens (including phenoxy) is 1. The van der Waals surface area contributed by atoms with Gasteiger partial charge < -0.3 is 15.2 Å². The molecule has 1 fully saturated rings. The summed E-state index contributed by atoms with van der Waals surface area (Å²) in [6.45, 7) is 1.01. The molecule has 2 aliphatic rings. The molecule has 11 heteroatoms. The van der Waals surface area contributed by atoms with Gasteiger partial charge in [-0.05, 0) is 5.56 Å². The number of nitrogens with zero attached hydrogens (tertiary/aromatic N) is 1. The Morgan fingerprint density at radius 2 is 2.03 bits per heavy atom. The molecule has 1 saturated heterocycles. The molecule has 10 nitrogen and oxygen atoms in total. The van der Waals surface area contributed by atoms with Crippen LogP contribution < -0.4 is 16.6 Å². The molecule has 29 heavy (non-hydrogen) atoms. The average Bonchev–Trinajstić information content (AvgIpc) is 2.70. The van der Waals surface area contributed by atoms with E-state index >= 15 is 0 Å². The van der Waals surface area contributed by atoms with E-state index in [1.54, 1.807) is 30.3 Å². The molecule has 2 amide bonds. The fourth-order valence-corrected chi connectivity index (χ4v) is 4.52. The second-order valence-corrected chi connectivity index (χ2v) is 7.55. The van der Waals surface area contributed by atoms with Crippen LogP contribution in [0.5, 0.6) is 0 Å². The first kappa shape index (κ1) is 20.8. The summed E-state index contributed by atoms with van der Waals surface area (Å²) in [5, 5.41) is 11.6. The van der Waals surface area contributed by atoms with E-state index in [0.29, 0.717) is 11.1 Å². The number of carboxylic acids is 1. The van der Waals surface area contributed by atoms with Crippen molar-refractivity contribution < 1.29 is 29.0 Å². The number of thioether (sulfide) groups is 1. The van der Waals surface area contributed by atoms with Crippen molar-refractivity contribution in [2.75, 3.05) is 12.4 Å². The van der Waals surface area contributed by atoms with Crippen LogP contribution in [0.2, 0.25) is 0 Å². The van der Waals surface area contributed by atoms with Gasteiger partial charge in [-0.1, -0.05) is 30.3 Å². The number of carbonyl (C=O) groups is 4. The van der Waals surface area contributed by atoms with Crippen LogP contribution in [0.4, 0.5) is 0 Å². The van der Waals surface area contributed by atoms with E-state index in [2.05, 4.69) is 10.7 Å². The fraction of sp³-hybridized carbons (Fsp3) is 0.333. The lowest BCUT2D eigenvalue weighted by Gasteiger charge is -2.49. The lowest BCUT2D eigenvalue weighted by atomic mass is 10.0. The van der Waals surface area contributed by atoms with Gasteiger partial charge in [0.15, 0.2) is 0 Å². The van der Waals surface area contributed by atoms with Crippen LogP contribution in [-0.2, 0) is 23.9 Å². The molecule has 5 N–H and O–H groups in total. The molecule has 3 atom stereocenters. The van der Waals surface area contributed by atoms with Crippen LogP contribution in [0.3, 0.4) is 0 Å². The normalized spacial score (nSPS) is 21.7. The van der Waals surface area contributed by atoms with E-state index in [9.17, 15) is 24.3 Å². The Bertz CT molecular complexity index is 874. The largest absolute Gasteiger partial charge is 0.477 e. The first-order valence-corrected chi connectivity index (χ1v) is 9.74. The number of esters is 1. The number of rotatable bonds is 7. The maximum Gasteiger partial charge on any atom is 0.352 e. The SMILES string of the molecule is CC(=O)OCC1=C(C(=O)O)N2C(=O)[C@@H](NC(=O)C(NN)c3ccccc3)C2SC1. The maximum absolute atomic E-state index is 12.6. The summed E-state index contributed by atoms with van der Waals surface area (Å²) in [6, 6.07) is 7.02. The van der Waals surface area contributed by atoms with Crippen molar-refractivity contribution in [1.82, 2.24) is 15.6 Å². The van der Waals surface area contributed by atoms with Gasteiger partial charge in [-0.25, -0.2) is 10.2 Å². The van der Waals surface area contributed by atoms with Crippen LogP contribution in [0.15, 0.2) is 41.6 Å². The summed E-state index contributed by atoms with van der Waals surface area (Å²) in [6.07, 6.45) is 0. The summed E-state index contributed by atoms with van der Waals surface area (Å²) >= 11 is 1.29. The molecule has 0 aromatic heterocycles. The smallest absolute Gasteiger partial charge is 0.352 e. The molecule has 0 radical (unpaired) electrons. The number of carbonyl (C=O) groups excluding carboxylic acids is 3. The molecule has 0 bridgehead atoms. The third-order valence-corrected chi connectivity index (χ3v) is 5.90. The Kier molecular flexibility index (Phi) is 6.20. The zero-order valence-corrected chi connectivity index (χ0v) is 16.3. The predicted molar refractivity (Wildman–Crippen MR) is 103 cm³/mol. The average molecular weight is 420 g/mol. The summed E-state index contributed by atoms with van der Waals surface area (Å²) in [4.78, 5) is 49.1. The lowest BCUT2D eigenvalue weighted by molar-refractivity contribution is -0.151. The van der Waals surface area contributed by atoms with Gasteiger partial charge in [0.2, 0.25) is 5.91 Å². The highest BCUT2D eigenvalue weighted by Crippen LogP contribution is 2.40. The number of amides is 2. The highest BCUT2D eigenvalue weighted by atomic mass is 32.2. The summed E-state index contributed by atoms with van der Waals surface area (Å²) in [5.74, 6) is 2.89. The summed E-state index contributed by atoms with van der Waals surface area (Å²) < 4.78 is 4.89. The number of nitrogens with two attached hydrogens (primary N) is 1. The van der Waals surface area contributed by atoms with Crippen molar-refractivity contribution in [2.24, 2.45) is 5.84 Å². The monoisotopic (exact) mass is 420 g/mol. The Morgan fingerprint density at radius 3 is 2.62 bits per heavy atom. The standard InChI is InChI=1S/C18H20N4O6S/c1-9(23)28-7-11-8-29-17-13(16(25)22(17)14(11)18(26)27)20-15(24)12(21-19)10-5-3-2-4-6-10/h2-6,12-13,17,21H,7-8,19H2,1H3,(H,20,24)(H,26,27)/t12?,13-,17?/m1/s1. The highest BCUT2D eigenvalue weighted by Gasteiger charge is 2.54. The molecule has 2 aliphatic heterocycles. The molecule has 2 heterocycles. The van der Waals surface area contributed by atoms with Crippen LogP contribution in [0.25, 0.3) is 0 Å². The van der Waals surface area contributed by atoms with Crippen molar-refractivity contribution in [3.8, 4) is 0 Å². The zero-order chi connectivity index (χ0) is 21.1. The number of β-lactam (4-membered cyclic amide) rings is 1. The van der Waals surface area contributed by atoms with E-state index in [0.717, 1.165) is 4.90 Å². The molecular formula is C18H20N4O6S. The first-order valence-electron chi connectivity index (χ1n) is 8.70. The van der Waals surface area contributed by atoms with Gasteiger partial charge in [-0.3, -0.25) is 25.1 Å². The molecule has 0 saturated carbocycles. The number of benzene rings is 1. The van der Waals surface area contributed by atoms with Crippen molar-refractivity contribution >= 4 is 35.5 Å². The third-order valence-electron chi connectivity index (χ3n) is 4.56. The van der Waals surface area contributed by atoms with E-state index in [4.69, 9.17) is 10.6 Å². The number of nitrogens with one attached hydrogen (secondary N) is 2. The third kappa shape index (κ3) is 4.11. The quantitative estimate of drug-likeness (QED) is 0.198. The van der Waals surface area contributed by atoms with Crippen molar-refractivity contribution in [3.05, 3.63) is 47.2 Å². The van der Waals surface area contributed by atoms with E-state index < -0.39 is 41.2 Å². The number of hydrogen-bond acceptors (Lipinski definition) is 8. The minimum atomic E-state index is -1.29. The Labute approximate surface area is 170 Å². The molecule has 154 valence electrons. The van der Waals surface area contributed by atoms with Crippen LogP contribution in [-0.4, -0.2) is 57.5 Å².